The monoisotopic (exact) mass is 497 g/mol. The number of aromatic nitrogens is 1. The van der Waals surface area contributed by atoms with Crippen LogP contribution >= 0.6 is 24.0 Å². The zero-order valence-electron chi connectivity index (χ0n) is 18.3. The summed E-state index contributed by atoms with van der Waals surface area (Å²) in [6, 6.07) is 9.10. The van der Waals surface area contributed by atoms with E-state index >= 15 is 0 Å². The normalized spacial score (nSPS) is 16.1. The van der Waals surface area contributed by atoms with Crippen molar-refractivity contribution >= 4 is 52.2 Å². The SMILES string of the molecule is NC(=O)c1cc(-c2cccc(C=C3SC(=S)N(CCCCCC(=O)O)C3=O)n2)cc2c1OCC2. The summed E-state index contributed by atoms with van der Waals surface area (Å²) in [4.78, 5) is 42.1. The van der Waals surface area contributed by atoms with Gasteiger partial charge in [-0.2, -0.15) is 0 Å². The molecule has 0 atom stereocenters. The molecule has 1 aromatic carbocycles. The Morgan fingerprint density at radius 1 is 1.26 bits per heavy atom. The fraction of sp³-hybridized carbons (Fsp3) is 0.292. The lowest BCUT2D eigenvalue weighted by atomic mass is 10.0. The smallest absolute Gasteiger partial charge is 0.303 e. The van der Waals surface area contributed by atoms with Gasteiger partial charge in [-0.1, -0.05) is 36.5 Å². The van der Waals surface area contributed by atoms with Gasteiger partial charge in [0.25, 0.3) is 11.8 Å². The molecular formula is C24H23N3O5S2. The van der Waals surface area contributed by atoms with Crippen molar-refractivity contribution in [2.24, 2.45) is 5.73 Å². The van der Waals surface area contributed by atoms with Crippen LogP contribution in [0.2, 0.25) is 0 Å². The first-order chi connectivity index (χ1) is 16.3. The Hall–Kier alpha value is -3.24. The number of pyridine rings is 1. The van der Waals surface area contributed by atoms with Crippen LogP contribution in [0.15, 0.2) is 35.2 Å². The van der Waals surface area contributed by atoms with E-state index in [0.29, 0.717) is 70.8 Å². The van der Waals surface area contributed by atoms with Crippen molar-refractivity contribution < 1.29 is 24.2 Å². The third kappa shape index (κ3) is 5.28. The van der Waals surface area contributed by atoms with Gasteiger partial charge in [0, 0.05) is 24.9 Å². The highest BCUT2D eigenvalue weighted by Gasteiger charge is 2.31. The molecule has 2 aromatic rings. The molecule has 0 saturated carbocycles. The second-order valence-electron chi connectivity index (χ2n) is 7.96. The van der Waals surface area contributed by atoms with Gasteiger partial charge in [-0.3, -0.25) is 19.3 Å². The Balaban J connectivity index is 1.50. The molecule has 176 valence electrons. The van der Waals surface area contributed by atoms with Gasteiger partial charge >= 0.3 is 5.97 Å². The van der Waals surface area contributed by atoms with E-state index in [9.17, 15) is 14.4 Å². The van der Waals surface area contributed by atoms with E-state index < -0.39 is 11.9 Å². The van der Waals surface area contributed by atoms with E-state index in [1.165, 1.54) is 11.8 Å². The number of benzene rings is 1. The zero-order valence-corrected chi connectivity index (χ0v) is 19.9. The lowest BCUT2D eigenvalue weighted by Gasteiger charge is -2.13. The molecule has 0 radical (unpaired) electrons. The minimum Gasteiger partial charge on any atom is -0.492 e. The Morgan fingerprint density at radius 2 is 2.09 bits per heavy atom. The molecule has 0 bridgehead atoms. The summed E-state index contributed by atoms with van der Waals surface area (Å²) in [5.74, 6) is -1.00. The van der Waals surface area contributed by atoms with E-state index in [-0.39, 0.29) is 12.3 Å². The summed E-state index contributed by atoms with van der Waals surface area (Å²) in [5.41, 5.74) is 8.80. The maximum Gasteiger partial charge on any atom is 0.303 e. The largest absolute Gasteiger partial charge is 0.492 e. The first-order valence-electron chi connectivity index (χ1n) is 10.9. The van der Waals surface area contributed by atoms with E-state index in [1.54, 1.807) is 23.1 Å². The van der Waals surface area contributed by atoms with Crippen LogP contribution in [-0.2, 0) is 16.0 Å². The van der Waals surface area contributed by atoms with E-state index in [4.69, 9.17) is 27.8 Å². The van der Waals surface area contributed by atoms with Crippen molar-refractivity contribution in [1.82, 2.24) is 9.88 Å². The van der Waals surface area contributed by atoms with Gasteiger partial charge in [0.1, 0.15) is 10.1 Å². The number of nitrogens with zero attached hydrogens (tertiary/aromatic N) is 2. The summed E-state index contributed by atoms with van der Waals surface area (Å²) >= 11 is 6.60. The molecule has 2 aliphatic heterocycles. The maximum atomic E-state index is 12.9. The number of ether oxygens (including phenoxy) is 1. The number of carboxylic acids is 1. The zero-order chi connectivity index (χ0) is 24.2. The standard InChI is InChI=1S/C24H23N3O5S2/c25-22(30)17-12-15(11-14-8-10-32-21(14)17)18-6-4-5-16(26-18)13-19-23(31)27(24(33)34-19)9-3-1-2-7-20(28)29/h4-6,11-13H,1-3,7-10H2,(H2,25,30)(H,28,29). The molecule has 10 heteroatoms. The van der Waals surface area contributed by atoms with Crippen molar-refractivity contribution in [3.05, 3.63) is 52.1 Å². The number of primary amides is 1. The number of fused-ring (bicyclic) bond motifs is 1. The van der Waals surface area contributed by atoms with Crippen LogP contribution in [0.4, 0.5) is 0 Å². The Kier molecular flexibility index (Phi) is 7.28. The van der Waals surface area contributed by atoms with Crippen molar-refractivity contribution in [2.45, 2.75) is 32.1 Å². The molecule has 0 spiro atoms. The molecule has 3 heterocycles. The molecule has 34 heavy (non-hydrogen) atoms. The molecule has 1 aromatic heterocycles. The number of hydrogen-bond acceptors (Lipinski definition) is 7. The first-order valence-corrected chi connectivity index (χ1v) is 12.1. The summed E-state index contributed by atoms with van der Waals surface area (Å²) in [5, 5.41) is 8.73. The Morgan fingerprint density at radius 3 is 2.85 bits per heavy atom. The fourth-order valence-electron chi connectivity index (χ4n) is 3.88. The number of hydrogen-bond donors (Lipinski definition) is 2. The molecular weight excluding hydrogens is 474 g/mol. The molecule has 1 saturated heterocycles. The van der Waals surface area contributed by atoms with Crippen molar-refractivity contribution in [3.63, 3.8) is 0 Å². The summed E-state index contributed by atoms with van der Waals surface area (Å²) in [6.07, 6.45) is 4.50. The number of carbonyl (C=O) groups is 3. The first kappa shape index (κ1) is 23.9. The van der Waals surface area contributed by atoms with Gasteiger partial charge in [-0.25, -0.2) is 4.98 Å². The van der Waals surface area contributed by atoms with Gasteiger partial charge in [0.2, 0.25) is 0 Å². The minimum atomic E-state index is -0.817. The van der Waals surface area contributed by atoms with Gasteiger partial charge in [-0.05, 0) is 48.7 Å². The molecule has 0 unspecified atom stereocenters. The molecule has 3 N–H and O–H groups in total. The van der Waals surface area contributed by atoms with Gasteiger partial charge in [0.15, 0.2) is 0 Å². The summed E-state index contributed by atoms with van der Waals surface area (Å²) in [6.45, 7) is 0.968. The van der Waals surface area contributed by atoms with Crippen LogP contribution in [0.3, 0.4) is 0 Å². The second-order valence-corrected chi connectivity index (χ2v) is 9.64. The molecule has 2 aliphatic rings. The Labute approximate surface area is 206 Å². The predicted octanol–water partition coefficient (Wildman–Crippen LogP) is 3.63. The average molecular weight is 498 g/mol. The number of carboxylic acid groups (broad SMARTS) is 1. The van der Waals surface area contributed by atoms with Crippen LogP contribution in [-0.4, -0.2) is 50.2 Å². The lowest BCUT2D eigenvalue weighted by molar-refractivity contribution is -0.137. The maximum absolute atomic E-state index is 12.9. The number of rotatable bonds is 9. The van der Waals surface area contributed by atoms with Gasteiger partial charge in [-0.15, -0.1) is 0 Å². The van der Waals surface area contributed by atoms with Crippen LogP contribution in [0.25, 0.3) is 17.3 Å². The number of unbranched alkanes of at least 4 members (excludes halogenated alkanes) is 2. The van der Waals surface area contributed by atoms with Gasteiger partial charge in [0.05, 0.1) is 28.5 Å². The number of nitrogens with two attached hydrogens (primary N) is 1. The van der Waals surface area contributed by atoms with Crippen LogP contribution in [0.5, 0.6) is 5.75 Å². The number of carbonyl (C=O) groups excluding carboxylic acids is 2. The molecule has 1 fully saturated rings. The third-order valence-electron chi connectivity index (χ3n) is 5.54. The van der Waals surface area contributed by atoms with Crippen molar-refractivity contribution in [1.29, 1.82) is 0 Å². The highest BCUT2D eigenvalue weighted by molar-refractivity contribution is 8.26. The van der Waals surface area contributed by atoms with Crippen LogP contribution in [0, 0.1) is 0 Å². The summed E-state index contributed by atoms with van der Waals surface area (Å²) < 4.78 is 6.05. The number of thiocarbonyl (C=S) groups is 1. The highest BCUT2D eigenvalue weighted by Crippen LogP contribution is 2.35. The van der Waals surface area contributed by atoms with Gasteiger partial charge < -0.3 is 15.6 Å². The molecule has 4 rings (SSSR count). The minimum absolute atomic E-state index is 0.123. The van der Waals surface area contributed by atoms with Crippen LogP contribution in [0.1, 0.15) is 47.3 Å². The third-order valence-corrected chi connectivity index (χ3v) is 6.92. The number of thioether (sulfide) groups is 1. The number of aliphatic carboxylic acids is 1. The average Bonchev–Trinajstić information content (AvgIpc) is 3.37. The van der Waals surface area contributed by atoms with Crippen molar-refractivity contribution in [3.8, 4) is 17.0 Å². The lowest BCUT2D eigenvalue weighted by Crippen LogP contribution is -2.29. The van der Waals surface area contributed by atoms with E-state index in [1.807, 2.05) is 18.2 Å². The molecule has 2 amide bonds. The Bertz CT molecular complexity index is 1210. The molecule has 0 aliphatic carbocycles. The predicted molar refractivity (Wildman–Crippen MR) is 133 cm³/mol. The van der Waals surface area contributed by atoms with Crippen LogP contribution < -0.4 is 10.5 Å². The molecule has 8 nitrogen and oxygen atoms in total. The van der Waals surface area contributed by atoms with E-state index in [2.05, 4.69) is 4.98 Å². The highest BCUT2D eigenvalue weighted by atomic mass is 32.2. The summed E-state index contributed by atoms with van der Waals surface area (Å²) in [7, 11) is 0. The number of amides is 2. The second kappa shape index (κ2) is 10.4. The quantitative estimate of drug-likeness (QED) is 0.306. The topological polar surface area (TPSA) is 123 Å². The fourth-order valence-corrected chi connectivity index (χ4v) is 5.17. The van der Waals surface area contributed by atoms with Crippen molar-refractivity contribution in [2.75, 3.05) is 13.2 Å². The van der Waals surface area contributed by atoms with E-state index in [0.717, 1.165) is 11.1 Å².